The van der Waals surface area contributed by atoms with Gasteiger partial charge in [0.25, 0.3) is 0 Å². The van der Waals surface area contributed by atoms with Gasteiger partial charge in [0.1, 0.15) is 41.0 Å². The number of alkyl halides is 1. The van der Waals surface area contributed by atoms with Crippen molar-refractivity contribution in [2.75, 3.05) is 67.5 Å². The second-order valence-electron chi connectivity index (χ2n) is 16.3. The maximum Gasteiger partial charge on any atom is 0.410 e. The lowest BCUT2D eigenvalue weighted by Gasteiger charge is -2.30. The van der Waals surface area contributed by atoms with Crippen LogP contribution in [0, 0.1) is 0 Å². The lowest BCUT2D eigenvalue weighted by atomic mass is 10.1. The molecule has 0 aliphatic carbocycles. The van der Waals surface area contributed by atoms with Crippen molar-refractivity contribution in [1.82, 2.24) is 15.2 Å². The van der Waals surface area contributed by atoms with Gasteiger partial charge in [0, 0.05) is 41.1 Å². The first-order valence-corrected chi connectivity index (χ1v) is 26.1. The minimum atomic E-state index is -0.499. The van der Waals surface area contributed by atoms with Gasteiger partial charge in [0.15, 0.2) is 33.9 Å². The van der Waals surface area contributed by atoms with E-state index in [1.165, 1.54) is 11.3 Å². The van der Waals surface area contributed by atoms with Crippen LogP contribution in [0.5, 0.6) is 34.5 Å². The fraction of sp³-hybridized carbons (Fsp3) is 0.423. The van der Waals surface area contributed by atoms with Gasteiger partial charge in [-0.3, -0.25) is 9.59 Å². The molecule has 19 heteroatoms. The van der Waals surface area contributed by atoms with E-state index in [-0.39, 0.29) is 43.1 Å². The normalized spacial score (nSPS) is 11.5. The molecule has 5 N–H and O–H groups in total. The minimum Gasteiger partial charge on any atom is -0.492 e. The highest BCUT2D eigenvalue weighted by Gasteiger charge is 2.25. The maximum absolute atomic E-state index is 12.9. The zero-order chi connectivity index (χ0) is 52.5. The maximum atomic E-state index is 12.9. The predicted molar refractivity (Wildman–Crippen MR) is 292 cm³/mol. The fourth-order valence-electron chi connectivity index (χ4n) is 6.04. The topological polar surface area (TPSA) is 194 Å². The van der Waals surface area contributed by atoms with Gasteiger partial charge in [-0.2, -0.15) is 12.6 Å². The molecule has 0 spiro atoms. The van der Waals surface area contributed by atoms with Gasteiger partial charge >= 0.3 is 6.09 Å². The van der Waals surface area contributed by atoms with Crippen LogP contribution in [0.4, 0.5) is 27.1 Å². The molecule has 3 heterocycles. The van der Waals surface area contributed by atoms with Crippen LogP contribution < -0.4 is 50.1 Å². The van der Waals surface area contributed by atoms with Crippen LogP contribution in [0.1, 0.15) is 102 Å². The van der Waals surface area contributed by atoms with E-state index in [0.29, 0.717) is 81.1 Å². The molecule has 71 heavy (non-hydrogen) atoms. The number of Topliss-reactive ketones (excluding diaryl/α,β-unsaturated/α-hetero) is 1. The molecule has 7 rings (SSSR count). The van der Waals surface area contributed by atoms with Crippen LogP contribution in [0.3, 0.4) is 0 Å². The predicted octanol–water partition coefficient (Wildman–Crippen LogP) is 11.9. The molecular weight excluding hydrogens is 1010 g/mol. The zero-order valence-corrected chi connectivity index (χ0v) is 46.0. The van der Waals surface area contributed by atoms with Crippen LogP contribution in [-0.2, 0) is 4.74 Å². The van der Waals surface area contributed by atoms with E-state index in [4.69, 9.17) is 38.9 Å². The summed E-state index contributed by atoms with van der Waals surface area (Å²) in [6.45, 7) is 24.4. The Bertz CT molecular complexity index is 2400. The number of thiol groups is 1. The van der Waals surface area contributed by atoms with Crippen LogP contribution in [0.15, 0.2) is 84.9 Å². The number of thiazole rings is 1. The molecule has 0 unspecified atom stereocenters. The molecule has 388 valence electrons. The van der Waals surface area contributed by atoms with Crippen LogP contribution in [0.2, 0.25) is 0 Å². The van der Waals surface area contributed by atoms with Gasteiger partial charge in [-0.1, -0.05) is 68.8 Å². The number of amides is 1. The van der Waals surface area contributed by atoms with E-state index in [0.717, 1.165) is 29.4 Å². The largest absolute Gasteiger partial charge is 0.492 e. The summed E-state index contributed by atoms with van der Waals surface area (Å²) in [4.78, 5) is 42.7. The summed E-state index contributed by atoms with van der Waals surface area (Å²) in [6, 6.07) is 25.9. The van der Waals surface area contributed by atoms with Crippen molar-refractivity contribution >= 4 is 79.9 Å². The van der Waals surface area contributed by atoms with Gasteiger partial charge < -0.3 is 59.7 Å². The highest BCUT2D eigenvalue weighted by Crippen LogP contribution is 2.36. The molecule has 1 amide bonds. The number of nitrogens with two attached hydrogens (primary N) is 1. The van der Waals surface area contributed by atoms with Gasteiger partial charge in [-0.25, -0.2) is 9.78 Å². The molecule has 0 bridgehead atoms. The van der Waals surface area contributed by atoms with Crippen molar-refractivity contribution in [3.05, 3.63) is 101 Å². The number of carbonyl (C=O) groups is 3. The van der Waals surface area contributed by atoms with E-state index < -0.39 is 5.60 Å². The molecule has 16 nitrogen and oxygen atoms in total. The Kier molecular flexibility index (Phi) is 25.7. The van der Waals surface area contributed by atoms with Gasteiger partial charge in [0.2, 0.25) is 19.4 Å². The third kappa shape index (κ3) is 20.0. The number of carbonyl (C=O) groups excluding carboxylic acids is 3. The number of nitrogens with zero attached hydrogens (tertiary/aromatic N) is 2. The standard InChI is InChI=1S/C22H24N4O4S.C17H28N2O3S.C9H7BrO3.2C2H6/c1-13(2)24-9-10-28-16-6-4-15(5-7-16)25-22-26-21(23)20(31-22)19(27)14-3-8-17-18(11-14)30-12-29-17;1-13(2)19(16(20)22-17(3,4)5)10-11-21-15-8-6-14(7-9-15)18-12-23;10-4-7(11)6-1-2-8-9(3-6)13-5-12-8;2*1-2/h3-8,11,13,24H,9-10,12,23H2,1-2H3,(H,25,26);6-9,13,18,23H,10-12H2,1-5H3;1-3H,4-5H2;2*1-2H3. The molecule has 1 aromatic heterocycles. The first-order valence-electron chi connectivity index (χ1n) is 23.5. The summed E-state index contributed by atoms with van der Waals surface area (Å²) in [7, 11) is 0. The molecule has 0 saturated carbocycles. The molecule has 2 aliphatic rings. The molecular formula is C52H71BrN6O10S2. The number of benzene rings is 4. The van der Waals surface area contributed by atoms with Gasteiger partial charge in [-0.15, -0.1) is 0 Å². The Balaban J connectivity index is 0.000000292. The molecule has 0 radical (unpaired) electrons. The average Bonchev–Trinajstić information content (AvgIpc) is 4.13. The lowest BCUT2D eigenvalue weighted by Crippen LogP contribution is -2.43. The van der Waals surface area contributed by atoms with Crippen molar-refractivity contribution in [3.63, 3.8) is 0 Å². The van der Waals surface area contributed by atoms with Crippen molar-refractivity contribution in [1.29, 1.82) is 0 Å². The number of halogens is 1. The Hall–Kier alpha value is -5.89. The van der Waals surface area contributed by atoms with E-state index in [2.05, 4.69) is 63.3 Å². The summed E-state index contributed by atoms with van der Waals surface area (Å²) in [5, 5.41) is 10.5. The second kappa shape index (κ2) is 30.8. The number of rotatable bonds is 18. The van der Waals surface area contributed by atoms with Crippen molar-refractivity contribution in [3.8, 4) is 34.5 Å². The van der Waals surface area contributed by atoms with E-state index in [1.807, 2.05) is 111 Å². The van der Waals surface area contributed by atoms with Crippen molar-refractivity contribution in [2.45, 2.75) is 93.8 Å². The average molecular weight is 1080 g/mol. The molecule has 5 aromatic rings. The summed E-state index contributed by atoms with van der Waals surface area (Å²) in [5.41, 5.74) is 8.44. The number of fused-ring (bicyclic) bond motifs is 2. The second-order valence-corrected chi connectivity index (χ2v) is 18.2. The highest BCUT2D eigenvalue weighted by atomic mass is 79.9. The highest BCUT2D eigenvalue weighted by molar-refractivity contribution is 9.09. The Morgan fingerprint density at radius 1 is 0.775 bits per heavy atom. The minimum absolute atomic E-state index is 0.0401. The molecule has 4 aromatic carbocycles. The van der Waals surface area contributed by atoms with E-state index >= 15 is 0 Å². The summed E-state index contributed by atoms with van der Waals surface area (Å²) >= 11 is 8.43. The van der Waals surface area contributed by atoms with Gasteiger partial charge in [-0.05, 0) is 120 Å². The number of hydrogen-bond acceptors (Lipinski definition) is 17. The monoisotopic (exact) mass is 1080 g/mol. The number of nitrogen functional groups attached to an aromatic ring is 1. The number of aromatic nitrogens is 1. The molecule has 2 aliphatic heterocycles. The summed E-state index contributed by atoms with van der Waals surface area (Å²) in [5.74, 6) is 4.67. The first kappa shape index (κ1) is 59.4. The third-order valence-corrected chi connectivity index (χ3v) is 11.0. The fourth-order valence-corrected chi connectivity index (χ4v) is 7.41. The zero-order valence-electron chi connectivity index (χ0n) is 42.7. The van der Waals surface area contributed by atoms with Crippen LogP contribution in [-0.4, -0.2) is 96.3 Å². The molecule has 0 fully saturated rings. The number of nitrogens with one attached hydrogen (secondary N) is 3. The summed E-state index contributed by atoms with van der Waals surface area (Å²) < 4.78 is 37.7. The smallest absolute Gasteiger partial charge is 0.410 e. The first-order chi connectivity index (χ1) is 34.0. The number of anilines is 4. The SMILES string of the molecule is CC.CC.CC(C)N(CCOc1ccc(NCS)cc1)C(=O)OC(C)(C)C.CC(C)NCCOc1ccc(Nc2nc(N)c(C(=O)c3ccc4c(c3)OCO4)s2)cc1.O=C(CBr)c1ccc2c(c1)OCO2. The lowest BCUT2D eigenvalue weighted by molar-refractivity contribution is 0.0164. The van der Waals surface area contributed by atoms with E-state index in [1.54, 1.807) is 41.3 Å². The Morgan fingerprint density at radius 2 is 1.30 bits per heavy atom. The third-order valence-electron chi connectivity index (χ3n) is 9.33. The number of ketones is 2. The Morgan fingerprint density at radius 3 is 1.82 bits per heavy atom. The van der Waals surface area contributed by atoms with Gasteiger partial charge in [0.05, 0.1) is 17.8 Å². The van der Waals surface area contributed by atoms with Crippen molar-refractivity contribution < 1.29 is 47.5 Å². The number of ether oxygens (including phenoxy) is 7. The summed E-state index contributed by atoms with van der Waals surface area (Å²) in [6.07, 6.45) is -0.315. The van der Waals surface area contributed by atoms with Crippen LogP contribution in [0.25, 0.3) is 0 Å². The van der Waals surface area contributed by atoms with Crippen LogP contribution >= 0.6 is 39.9 Å². The molecule has 0 atom stereocenters. The Labute approximate surface area is 437 Å². The van der Waals surface area contributed by atoms with Crippen molar-refractivity contribution in [2.24, 2.45) is 0 Å². The molecule has 0 saturated heterocycles. The quantitative estimate of drug-likeness (QED) is 0.0183. The number of hydrogen-bond donors (Lipinski definition) is 5. The van der Waals surface area contributed by atoms with E-state index in [9.17, 15) is 14.4 Å².